The molecule has 0 aromatic heterocycles. The fourth-order valence-corrected chi connectivity index (χ4v) is 20.5. The normalized spacial score (nSPS) is 26.2. The van der Waals surface area contributed by atoms with Crippen molar-refractivity contribution in [3.8, 4) is 0 Å². The van der Waals surface area contributed by atoms with Crippen molar-refractivity contribution in [1.82, 2.24) is 5.32 Å². The second kappa shape index (κ2) is 25.4. The lowest BCUT2D eigenvalue weighted by Crippen LogP contribution is -2.51. The van der Waals surface area contributed by atoms with Gasteiger partial charge in [0.25, 0.3) is 0 Å². The average Bonchev–Trinajstić information content (AvgIpc) is 3.60. The van der Waals surface area contributed by atoms with Gasteiger partial charge in [-0.3, -0.25) is 19.2 Å². The van der Waals surface area contributed by atoms with Gasteiger partial charge in [0.1, 0.15) is 19.3 Å². The summed E-state index contributed by atoms with van der Waals surface area (Å²) in [5, 5.41) is 2.88. The zero-order valence-corrected chi connectivity index (χ0v) is 52.0. The number of benzene rings is 2. The quantitative estimate of drug-likeness (QED) is 0.0609. The summed E-state index contributed by atoms with van der Waals surface area (Å²) >= 11 is 13.7. The van der Waals surface area contributed by atoms with Crippen LogP contribution in [-0.4, -0.2) is 49.2 Å². The molecule has 0 aliphatic heterocycles. The van der Waals surface area contributed by atoms with Crippen molar-refractivity contribution >= 4 is 159 Å². The number of carbonyl (C=O) groups is 4. The molecule has 8 atom stereocenters. The summed E-state index contributed by atoms with van der Waals surface area (Å²) in [5.74, 6) is 3.08. The van der Waals surface area contributed by atoms with Crippen molar-refractivity contribution in [2.45, 2.75) is 156 Å². The topological polar surface area (TPSA) is 108 Å². The Balaban J connectivity index is 0.991. The summed E-state index contributed by atoms with van der Waals surface area (Å²) in [5.41, 5.74) is 4.27. The number of ether oxygens (including phenoxy) is 3. The van der Waals surface area contributed by atoms with Gasteiger partial charge >= 0.3 is 17.9 Å². The SMILES string of the molecule is CC(C)CCC[C@@H](C)[C@H]1CC[C@H]2[C@@H]3CC=C4C[C@@H](OC(=O)CCC(=O)NC(COC(=O)CCc5c(I)cc(I)cc5I)COC(=O)CCc5c(I)cc(I)cc5I)CC[C@]4(C)[C@H]3CC[C@]12C. The number of hydrogen-bond donors (Lipinski definition) is 1. The Morgan fingerprint density at radius 2 is 1.27 bits per heavy atom. The zero-order chi connectivity index (χ0) is 47.9. The minimum atomic E-state index is -0.775. The molecule has 4 aliphatic carbocycles. The first kappa shape index (κ1) is 55.7. The smallest absolute Gasteiger partial charge is 0.306 e. The molecule has 0 saturated heterocycles. The highest BCUT2D eigenvalue weighted by atomic mass is 127. The number of fused-ring (bicyclic) bond motifs is 5. The molecule has 364 valence electrons. The molecular formula is C52H67I6NO7. The minimum Gasteiger partial charge on any atom is -0.463 e. The maximum absolute atomic E-state index is 13.3. The standard InChI is InChI=1S/C52H67I6NO7/c1-30(2)7-6-8-31(3)40-13-14-41-37-10-9-32-23-36(19-21-51(32,4)42(37)20-22-52(40,41)5)66-50(63)18-15-47(60)59-35(28-64-48(61)16-11-38-43(55)24-33(53)25-44(38)56)29-65-49(62)17-12-39-45(57)26-34(54)27-46(39)58/h9,24-27,30-31,35-37,40-42H,6-8,10-23,28-29H2,1-5H3,(H,59,60)/t31-,36+,37+,40-,41+,42+,51+,52-/m1/s1. The lowest BCUT2D eigenvalue weighted by Gasteiger charge is -2.58. The van der Waals surface area contributed by atoms with Crippen LogP contribution in [0.2, 0.25) is 0 Å². The van der Waals surface area contributed by atoms with Crippen LogP contribution in [0.25, 0.3) is 0 Å². The van der Waals surface area contributed by atoms with Crippen LogP contribution in [0, 0.1) is 67.8 Å². The van der Waals surface area contributed by atoms with E-state index in [2.05, 4.69) is 206 Å². The molecule has 2 aromatic rings. The summed E-state index contributed by atoms with van der Waals surface area (Å²) in [7, 11) is 0. The molecule has 3 fully saturated rings. The lowest BCUT2D eigenvalue weighted by molar-refractivity contribution is -0.152. The Bertz CT molecular complexity index is 1990. The molecule has 1 amide bonds. The molecule has 6 rings (SSSR count). The van der Waals surface area contributed by atoms with Gasteiger partial charge in [-0.2, -0.15) is 0 Å². The van der Waals surface area contributed by atoms with Crippen LogP contribution >= 0.6 is 136 Å². The van der Waals surface area contributed by atoms with Crippen molar-refractivity contribution in [3.05, 3.63) is 68.5 Å². The third-order valence-corrected chi connectivity index (χ3v) is 20.8. The van der Waals surface area contributed by atoms with Gasteiger partial charge < -0.3 is 19.5 Å². The van der Waals surface area contributed by atoms with E-state index in [1.807, 2.05) is 0 Å². The molecule has 0 heterocycles. The van der Waals surface area contributed by atoms with E-state index in [-0.39, 0.29) is 56.4 Å². The Labute approximate surface area is 475 Å². The molecule has 0 radical (unpaired) electrons. The van der Waals surface area contributed by atoms with E-state index < -0.39 is 23.9 Å². The van der Waals surface area contributed by atoms with Crippen LogP contribution in [0.15, 0.2) is 35.9 Å². The van der Waals surface area contributed by atoms with Gasteiger partial charge in [-0.15, -0.1) is 0 Å². The van der Waals surface area contributed by atoms with Crippen molar-refractivity contribution in [2.24, 2.45) is 46.3 Å². The first-order valence-corrected chi connectivity index (χ1v) is 30.5. The average molecular weight is 1580 g/mol. The molecule has 3 saturated carbocycles. The van der Waals surface area contributed by atoms with Crippen molar-refractivity contribution in [1.29, 1.82) is 0 Å². The molecule has 1 N–H and O–H groups in total. The number of halogens is 6. The third-order valence-electron chi connectivity index (χ3n) is 15.7. The summed E-state index contributed by atoms with van der Waals surface area (Å²) in [6, 6.07) is 7.55. The van der Waals surface area contributed by atoms with Gasteiger partial charge in [-0.25, -0.2) is 0 Å². The number of amides is 1. The fraction of sp³-hybridized carbons (Fsp3) is 0.654. The highest BCUT2D eigenvalue weighted by Crippen LogP contribution is 2.67. The monoisotopic (exact) mass is 1580 g/mol. The van der Waals surface area contributed by atoms with Crippen LogP contribution in [0.4, 0.5) is 0 Å². The fourth-order valence-electron chi connectivity index (χ4n) is 12.3. The number of rotatable bonds is 20. The molecule has 0 bridgehead atoms. The van der Waals surface area contributed by atoms with Crippen LogP contribution in [0.1, 0.15) is 142 Å². The second-order valence-electron chi connectivity index (χ2n) is 20.5. The highest BCUT2D eigenvalue weighted by molar-refractivity contribution is 14.1. The number of allylic oxidation sites excluding steroid dienone is 1. The van der Waals surface area contributed by atoms with Gasteiger partial charge in [-0.05, 0) is 275 Å². The van der Waals surface area contributed by atoms with Gasteiger partial charge in [0.2, 0.25) is 5.91 Å². The largest absolute Gasteiger partial charge is 0.463 e. The molecule has 0 spiro atoms. The van der Waals surface area contributed by atoms with E-state index in [1.165, 1.54) is 50.5 Å². The van der Waals surface area contributed by atoms with E-state index in [1.54, 1.807) is 0 Å². The Morgan fingerprint density at radius 3 is 1.83 bits per heavy atom. The lowest BCUT2D eigenvalue weighted by atomic mass is 9.47. The van der Waals surface area contributed by atoms with E-state index >= 15 is 0 Å². The minimum absolute atomic E-state index is 0.0620. The van der Waals surface area contributed by atoms with E-state index in [4.69, 9.17) is 14.2 Å². The maximum atomic E-state index is 13.3. The van der Waals surface area contributed by atoms with Crippen LogP contribution in [0.3, 0.4) is 0 Å². The van der Waals surface area contributed by atoms with Gasteiger partial charge in [0.05, 0.1) is 12.5 Å². The van der Waals surface area contributed by atoms with Gasteiger partial charge in [-0.1, -0.05) is 65.5 Å². The van der Waals surface area contributed by atoms with E-state index in [9.17, 15) is 19.2 Å². The molecule has 2 aromatic carbocycles. The van der Waals surface area contributed by atoms with E-state index in [0.717, 1.165) is 87.8 Å². The summed E-state index contributed by atoms with van der Waals surface area (Å²) in [4.78, 5) is 52.6. The second-order valence-corrected chi connectivity index (χ2v) is 27.6. The first-order valence-electron chi connectivity index (χ1n) is 24.0. The molecular weight excluding hydrogens is 1510 g/mol. The number of esters is 3. The van der Waals surface area contributed by atoms with Crippen LogP contribution in [-0.2, 0) is 46.2 Å². The highest BCUT2D eigenvalue weighted by Gasteiger charge is 2.59. The van der Waals surface area contributed by atoms with Crippen molar-refractivity contribution in [2.75, 3.05) is 13.2 Å². The van der Waals surface area contributed by atoms with Crippen LogP contribution in [0.5, 0.6) is 0 Å². The summed E-state index contributed by atoms with van der Waals surface area (Å²) in [6.45, 7) is 12.1. The van der Waals surface area contributed by atoms with Gasteiger partial charge in [0, 0.05) is 47.1 Å². The number of hydrogen-bond acceptors (Lipinski definition) is 7. The first-order chi connectivity index (χ1) is 31.3. The number of nitrogens with one attached hydrogen (secondary N) is 1. The maximum Gasteiger partial charge on any atom is 0.306 e. The molecule has 14 heteroatoms. The van der Waals surface area contributed by atoms with Crippen LogP contribution < -0.4 is 5.32 Å². The summed E-state index contributed by atoms with van der Waals surface area (Å²) in [6.07, 6.45) is 16.8. The molecule has 4 aliphatic rings. The van der Waals surface area contributed by atoms with Crippen molar-refractivity contribution in [3.63, 3.8) is 0 Å². The molecule has 8 nitrogen and oxygen atoms in total. The van der Waals surface area contributed by atoms with E-state index in [0.29, 0.717) is 24.2 Å². The summed E-state index contributed by atoms with van der Waals surface area (Å²) < 4.78 is 24.0. The Hall–Kier alpha value is 0.440. The van der Waals surface area contributed by atoms with Crippen molar-refractivity contribution < 1.29 is 33.4 Å². The predicted octanol–water partition coefficient (Wildman–Crippen LogP) is 14.2. The Morgan fingerprint density at radius 1 is 0.697 bits per heavy atom. The number of carbonyl (C=O) groups excluding carboxylic acids is 4. The predicted molar refractivity (Wildman–Crippen MR) is 312 cm³/mol. The molecule has 0 unspecified atom stereocenters. The Kier molecular flexibility index (Phi) is 21.5. The van der Waals surface area contributed by atoms with Gasteiger partial charge in [0.15, 0.2) is 0 Å². The molecule has 66 heavy (non-hydrogen) atoms. The third kappa shape index (κ3) is 14.6. The zero-order valence-electron chi connectivity index (χ0n) is 39.1.